The Bertz CT molecular complexity index is 594. The average Bonchev–Trinajstić information content (AvgIpc) is 2.39. The van der Waals surface area contributed by atoms with Crippen LogP contribution < -0.4 is 5.32 Å². The molecule has 0 saturated carbocycles. The smallest absolute Gasteiger partial charge is 0.178 e. The van der Waals surface area contributed by atoms with Crippen molar-refractivity contribution in [2.45, 2.75) is 26.8 Å². The Morgan fingerprint density at radius 3 is 2.89 bits per heavy atom. The minimum absolute atomic E-state index is 0.707. The Balaban J connectivity index is 2.11. The fraction of sp³-hybridized carbons (Fsp3) is 0.385. The van der Waals surface area contributed by atoms with Gasteiger partial charge in [-0.05, 0) is 19.9 Å². The van der Waals surface area contributed by atoms with E-state index in [0.717, 1.165) is 42.4 Å². The molecule has 0 fully saturated rings. The molecule has 0 saturated heterocycles. The molecule has 2 aromatic rings. The molecule has 18 heavy (non-hydrogen) atoms. The van der Waals surface area contributed by atoms with Gasteiger partial charge in [-0.15, -0.1) is 0 Å². The van der Waals surface area contributed by atoms with Crippen molar-refractivity contribution in [2.75, 3.05) is 6.54 Å². The van der Waals surface area contributed by atoms with E-state index in [1.165, 1.54) is 5.56 Å². The van der Waals surface area contributed by atoms with Crippen LogP contribution in [-0.2, 0) is 13.0 Å². The van der Waals surface area contributed by atoms with Crippen molar-refractivity contribution in [1.82, 2.24) is 25.3 Å². The van der Waals surface area contributed by atoms with Crippen molar-refractivity contribution >= 4 is 0 Å². The maximum absolute atomic E-state index is 4.64. The van der Waals surface area contributed by atoms with Crippen LogP contribution in [0.3, 0.4) is 0 Å². The van der Waals surface area contributed by atoms with Crippen LogP contribution in [0.15, 0.2) is 12.3 Å². The van der Waals surface area contributed by atoms with Crippen LogP contribution in [-0.4, -0.2) is 26.5 Å². The SMILES string of the molecule is Cc1nccc(-c2nc(C)c3c(n2)CCNC3)n1. The van der Waals surface area contributed by atoms with Crippen molar-refractivity contribution in [3.8, 4) is 11.5 Å². The van der Waals surface area contributed by atoms with Crippen molar-refractivity contribution in [2.24, 2.45) is 0 Å². The van der Waals surface area contributed by atoms with E-state index in [0.29, 0.717) is 5.82 Å². The number of aromatic nitrogens is 4. The maximum Gasteiger partial charge on any atom is 0.178 e. The van der Waals surface area contributed by atoms with Crippen LogP contribution in [0.4, 0.5) is 0 Å². The van der Waals surface area contributed by atoms with Gasteiger partial charge in [0.05, 0.1) is 5.69 Å². The fourth-order valence-electron chi connectivity index (χ4n) is 2.21. The zero-order valence-electron chi connectivity index (χ0n) is 10.6. The van der Waals surface area contributed by atoms with Crippen LogP contribution >= 0.6 is 0 Å². The van der Waals surface area contributed by atoms with E-state index in [4.69, 9.17) is 0 Å². The summed E-state index contributed by atoms with van der Waals surface area (Å²) in [5.41, 5.74) is 4.22. The highest BCUT2D eigenvalue weighted by Crippen LogP contribution is 2.19. The van der Waals surface area contributed by atoms with E-state index in [9.17, 15) is 0 Å². The summed E-state index contributed by atoms with van der Waals surface area (Å²) in [6.07, 6.45) is 2.70. The number of fused-ring (bicyclic) bond motifs is 1. The molecule has 0 amide bonds. The second-order valence-electron chi connectivity index (χ2n) is 4.47. The molecule has 1 aliphatic heterocycles. The molecule has 1 aliphatic rings. The largest absolute Gasteiger partial charge is 0.312 e. The highest BCUT2D eigenvalue weighted by molar-refractivity contribution is 5.50. The molecule has 0 radical (unpaired) electrons. The number of nitrogens with one attached hydrogen (secondary N) is 1. The molecule has 92 valence electrons. The zero-order chi connectivity index (χ0) is 12.5. The van der Waals surface area contributed by atoms with Gasteiger partial charge >= 0.3 is 0 Å². The molecule has 3 rings (SSSR count). The molecule has 5 nitrogen and oxygen atoms in total. The van der Waals surface area contributed by atoms with Gasteiger partial charge in [0.2, 0.25) is 0 Å². The Morgan fingerprint density at radius 2 is 2.06 bits per heavy atom. The number of hydrogen-bond donors (Lipinski definition) is 1. The van der Waals surface area contributed by atoms with Crippen LogP contribution in [0.5, 0.6) is 0 Å². The molecule has 0 atom stereocenters. The second kappa shape index (κ2) is 4.42. The Labute approximate surface area is 106 Å². The normalized spacial score (nSPS) is 14.3. The first kappa shape index (κ1) is 11.2. The Morgan fingerprint density at radius 1 is 1.17 bits per heavy atom. The lowest BCUT2D eigenvalue weighted by Gasteiger charge is -2.18. The van der Waals surface area contributed by atoms with Gasteiger partial charge in [0.25, 0.3) is 0 Å². The molecule has 5 heteroatoms. The van der Waals surface area contributed by atoms with Crippen LogP contribution in [0.2, 0.25) is 0 Å². The van der Waals surface area contributed by atoms with Crippen LogP contribution in [0, 0.1) is 13.8 Å². The van der Waals surface area contributed by atoms with Gasteiger partial charge in [0, 0.05) is 37.0 Å². The first-order valence-electron chi connectivity index (χ1n) is 6.11. The van der Waals surface area contributed by atoms with E-state index < -0.39 is 0 Å². The topological polar surface area (TPSA) is 63.6 Å². The molecular weight excluding hydrogens is 226 g/mol. The third-order valence-corrected chi connectivity index (χ3v) is 3.15. The zero-order valence-corrected chi connectivity index (χ0v) is 10.6. The average molecular weight is 241 g/mol. The summed E-state index contributed by atoms with van der Waals surface area (Å²) in [6, 6.07) is 1.86. The quantitative estimate of drug-likeness (QED) is 0.812. The monoisotopic (exact) mass is 241 g/mol. The maximum atomic E-state index is 4.64. The van der Waals surface area contributed by atoms with E-state index in [2.05, 4.69) is 25.3 Å². The van der Waals surface area contributed by atoms with E-state index in [1.54, 1.807) is 6.20 Å². The van der Waals surface area contributed by atoms with Gasteiger partial charge in [0.1, 0.15) is 11.5 Å². The molecular formula is C13H15N5. The van der Waals surface area contributed by atoms with Gasteiger partial charge in [-0.1, -0.05) is 0 Å². The van der Waals surface area contributed by atoms with Gasteiger partial charge in [-0.25, -0.2) is 19.9 Å². The Hall–Kier alpha value is -1.88. The van der Waals surface area contributed by atoms with Crippen LogP contribution in [0.25, 0.3) is 11.5 Å². The summed E-state index contributed by atoms with van der Waals surface area (Å²) in [6.45, 7) is 5.75. The van der Waals surface area contributed by atoms with Crippen molar-refractivity contribution in [3.05, 3.63) is 35.0 Å². The summed E-state index contributed by atoms with van der Waals surface area (Å²) < 4.78 is 0. The summed E-state index contributed by atoms with van der Waals surface area (Å²) >= 11 is 0. The Kier molecular flexibility index (Phi) is 2.76. The number of nitrogens with zero attached hydrogens (tertiary/aromatic N) is 4. The van der Waals surface area contributed by atoms with Gasteiger partial charge in [-0.3, -0.25) is 0 Å². The van der Waals surface area contributed by atoms with Gasteiger partial charge < -0.3 is 5.32 Å². The summed E-state index contributed by atoms with van der Waals surface area (Å²) in [5.74, 6) is 1.45. The van der Waals surface area contributed by atoms with E-state index in [-0.39, 0.29) is 0 Å². The molecule has 0 unspecified atom stereocenters. The lowest BCUT2D eigenvalue weighted by atomic mass is 10.1. The fourth-order valence-corrected chi connectivity index (χ4v) is 2.21. The standard InChI is InChI=1S/C13H15N5/c1-8-10-7-14-5-3-11(10)18-13(16-8)12-4-6-15-9(2)17-12/h4,6,14H,3,5,7H2,1-2H3. The third-order valence-electron chi connectivity index (χ3n) is 3.15. The number of aryl methyl sites for hydroxylation is 2. The first-order chi connectivity index (χ1) is 8.74. The van der Waals surface area contributed by atoms with Crippen LogP contribution in [0.1, 0.15) is 22.8 Å². The third kappa shape index (κ3) is 1.97. The molecule has 2 aromatic heterocycles. The highest BCUT2D eigenvalue weighted by Gasteiger charge is 2.16. The second-order valence-corrected chi connectivity index (χ2v) is 4.47. The minimum atomic E-state index is 0.707. The van der Waals surface area contributed by atoms with E-state index in [1.807, 2.05) is 19.9 Å². The molecule has 0 spiro atoms. The van der Waals surface area contributed by atoms with Crippen molar-refractivity contribution in [1.29, 1.82) is 0 Å². The lowest BCUT2D eigenvalue weighted by Crippen LogP contribution is -2.26. The predicted octanol–water partition coefficient (Wildman–Crippen LogP) is 1.20. The molecule has 3 heterocycles. The number of rotatable bonds is 1. The molecule has 1 N–H and O–H groups in total. The van der Waals surface area contributed by atoms with Crippen molar-refractivity contribution < 1.29 is 0 Å². The van der Waals surface area contributed by atoms with Gasteiger partial charge in [0.15, 0.2) is 5.82 Å². The molecule has 0 bridgehead atoms. The molecule has 0 aliphatic carbocycles. The first-order valence-corrected chi connectivity index (χ1v) is 6.11. The lowest BCUT2D eigenvalue weighted by molar-refractivity contribution is 0.621. The van der Waals surface area contributed by atoms with Gasteiger partial charge in [-0.2, -0.15) is 0 Å². The number of hydrogen-bond acceptors (Lipinski definition) is 5. The highest BCUT2D eigenvalue weighted by atomic mass is 15.0. The summed E-state index contributed by atoms with van der Waals surface area (Å²) in [4.78, 5) is 17.7. The predicted molar refractivity (Wildman–Crippen MR) is 67.9 cm³/mol. The minimum Gasteiger partial charge on any atom is -0.312 e. The van der Waals surface area contributed by atoms with E-state index >= 15 is 0 Å². The molecule has 0 aromatic carbocycles. The summed E-state index contributed by atoms with van der Waals surface area (Å²) in [5, 5.41) is 3.34. The summed E-state index contributed by atoms with van der Waals surface area (Å²) in [7, 11) is 0. The van der Waals surface area contributed by atoms with Crippen molar-refractivity contribution in [3.63, 3.8) is 0 Å².